The van der Waals surface area contributed by atoms with Crippen molar-refractivity contribution in [1.82, 2.24) is 30.2 Å². The number of hydrogen-bond donors (Lipinski definition) is 3. The molecule has 1 amide bonds. The van der Waals surface area contributed by atoms with E-state index in [4.69, 9.17) is 10.8 Å². The highest BCUT2D eigenvalue weighted by molar-refractivity contribution is 5.80. The minimum absolute atomic E-state index is 0.253. The van der Waals surface area contributed by atoms with Gasteiger partial charge in [-0.2, -0.15) is 10.2 Å². The molecular weight excluding hydrogens is 354 g/mol. The molecule has 2 aromatic rings. The van der Waals surface area contributed by atoms with Crippen LogP contribution in [0.1, 0.15) is 57.3 Å². The number of H-pyrrole nitrogens is 1. The lowest BCUT2D eigenvalue weighted by atomic mass is 9.88. The minimum atomic E-state index is -0.253. The fourth-order valence-electron chi connectivity index (χ4n) is 3.68. The predicted molar refractivity (Wildman–Crippen MR) is 110 cm³/mol. The highest BCUT2D eigenvalue weighted by Crippen LogP contribution is 2.35. The molecule has 0 spiro atoms. The van der Waals surface area contributed by atoms with Crippen molar-refractivity contribution >= 4 is 17.8 Å². The summed E-state index contributed by atoms with van der Waals surface area (Å²) in [6.45, 7) is 12.1. The third-order valence-corrected chi connectivity index (χ3v) is 5.77. The van der Waals surface area contributed by atoms with E-state index in [9.17, 15) is 4.79 Å². The van der Waals surface area contributed by atoms with E-state index in [0.717, 1.165) is 41.2 Å². The zero-order chi connectivity index (χ0) is 20.6. The second-order valence-electron chi connectivity index (χ2n) is 8.58. The second kappa shape index (κ2) is 7.33. The van der Waals surface area contributed by atoms with Crippen molar-refractivity contribution in [1.29, 1.82) is 0 Å². The fraction of sp³-hybridized carbons (Fsp3) is 0.550. The first kappa shape index (κ1) is 20.0. The van der Waals surface area contributed by atoms with Crippen molar-refractivity contribution in [3.8, 4) is 0 Å². The Morgan fingerprint density at radius 1 is 1.39 bits per heavy atom. The highest BCUT2D eigenvalue weighted by Gasteiger charge is 2.30. The van der Waals surface area contributed by atoms with Crippen molar-refractivity contribution in [3.63, 3.8) is 0 Å². The Kier molecular flexibility index (Phi) is 5.23. The summed E-state index contributed by atoms with van der Waals surface area (Å²) in [6.07, 6.45) is 2.89. The maximum atomic E-state index is 10.7. The molecule has 0 fully saturated rings. The first-order chi connectivity index (χ1) is 13.2. The molecule has 8 heteroatoms. The lowest BCUT2D eigenvalue weighted by Gasteiger charge is -2.34. The summed E-state index contributed by atoms with van der Waals surface area (Å²) in [5, 5.41) is 14.9. The van der Waals surface area contributed by atoms with E-state index in [1.54, 1.807) is 0 Å². The molecule has 1 atom stereocenters. The normalized spacial score (nSPS) is 15.4. The van der Waals surface area contributed by atoms with E-state index in [2.05, 4.69) is 67.3 Å². The van der Waals surface area contributed by atoms with Gasteiger partial charge in [0.05, 0.1) is 11.4 Å². The lowest BCUT2D eigenvalue weighted by Crippen LogP contribution is -2.34. The van der Waals surface area contributed by atoms with Crippen molar-refractivity contribution in [2.24, 2.45) is 13.0 Å². The van der Waals surface area contributed by atoms with Gasteiger partial charge in [-0.1, -0.05) is 27.7 Å². The monoisotopic (exact) mass is 385 g/mol. The molecule has 0 aromatic carbocycles. The molecular formula is C20H31N7O. The third kappa shape index (κ3) is 3.50. The standard InChI is InChI=1S/C20H31N7O/c1-12(2)13(3)27-8-14(18-15(9-27)19(21)24-23-18)16-7-17(26(6)25-16)20(4,5)10-22-11-28/h7-8,11-13H,9-10H2,1-6H3,(H,22,28)(H3,21,23,24)/t13-/m0/s1. The Labute approximate surface area is 166 Å². The molecule has 3 heterocycles. The molecule has 8 nitrogen and oxygen atoms in total. The van der Waals surface area contributed by atoms with Gasteiger partial charge in [0.2, 0.25) is 6.41 Å². The van der Waals surface area contributed by atoms with Crippen LogP contribution in [-0.4, -0.2) is 43.9 Å². The van der Waals surface area contributed by atoms with Crippen LogP contribution in [0.4, 0.5) is 5.82 Å². The molecule has 0 unspecified atom stereocenters. The SMILES string of the molecule is CC(C)[C@H](C)N1C=C(c2cc(C(C)(C)CNC=O)n(C)n2)c2[nH]nc(N)c2C1. The van der Waals surface area contributed by atoms with Crippen LogP contribution >= 0.6 is 0 Å². The van der Waals surface area contributed by atoms with Crippen LogP contribution in [0.25, 0.3) is 5.57 Å². The number of nitrogens with zero attached hydrogens (tertiary/aromatic N) is 4. The molecule has 152 valence electrons. The predicted octanol–water partition coefficient (Wildman–Crippen LogP) is 2.00. The van der Waals surface area contributed by atoms with E-state index >= 15 is 0 Å². The number of nitrogens with one attached hydrogen (secondary N) is 2. The maximum absolute atomic E-state index is 10.7. The summed E-state index contributed by atoms with van der Waals surface area (Å²) in [5.74, 6) is 1.04. The molecule has 1 aliphatic rings. The lowest BCUT2D eigenvalue weighted by molar-refractivity contribution is -0.109. The first-order valence-electron chi connectivity index (χ1n) is 9.68. The van der Waals surface area contributed by atoms with Gasteiger partial charge in [-0.25, -0.2) is 0 Å². The van der Waals surface area contributed by atoms with Crippen molar-refractivity contribution in [3.05, 3.63) is 34.9 Å². The minimum Gasteiger partial charge on any atom is -0.382 e. The van der Waals surface area contributed by atoms with Gasteiger partial charge in [0, 0.05) is 54.6 Å². The number of aryl methyl sites for hydroxylation is 1. The van der Waals surface area contributed by atoms with E-state index in [1.807, 2.05) is 11.7 Å². The molecule has 0 aliphatic carbocycles. The summed E-state index contributed by atoms with van der Waals surface area (Å²) in [4.78, 5) is 13.1. The second-order valence-corrected chi connectivity index (χ2v) is 8.58. The quantitative estimate of drug-likeness (QED) is 0.632. The van der Waals surface area contributed by atoms with Gasteiger partial charge in [0.15, 0.2) is 5.82 Å². The zero-order valence-electron chi connectivity index (χ0n) is 17.6. The third-order valence-electron chi connectivity index (χ3n) is 5.77. The molecule has 4 N–H and O–H groups in total. The van der Waals surface area contributed by atoms with Crippen LogP contribution in [0, 0.1) is 5.92 Å². The Morgan fingerprint density at radius 2 is 2.11 bits per heavy atom. The van der Waals surface area contributed by atoms with Gasteiger partial charge < -0.3 is 16.0 Å². The smallest absolute Gasteiger partial charge is 0.207 e. The molecule has 3 rings (SSSR count). The van der Waals surface area contributed by atoms with Gasteiger partial charge in [0.1, 0.15) is 0 Å². The Bertz CT molecular complexity index is 891. The number of fused-ring (bicyclic) bond motifs is 1. The summed E-state index contributed by atoms with van der Waals surface area (Å²) in [5.41, 5.74) is 10.7. The summed E-state index contributed by atoms with van der Waals surface area (Å²) < 4.78 is 1.88. The first-order valence-corrected chi connectivity index (χ1v) is 9.68. The summed E-state index contributed by atoms with van der Waals surface area (Å²) in [7, 11) is 1.93. The number of carbonyl (C=O) groups is 1. The number of aromatic nitrogens is 4. The number of rotatable bonds is 7. The number of carbonyl (C=O) groups excluding carboxylic acids is 1. The number of amides is 1. The summed E-state index contributed by atoms with van der Waals surface area (Å²) in [6, 6.07) is 2.44. The van der Waals surface area contributed by atoms with Crippen molar-refractivity contribution < 1.29 is 4.79 Å². The number of hydrogen-bond acceptors (Lipinski definition) is 5. The van der Waals surface area contributed by atoms with Crippen LogP contribution in [0.3, 0.4) is 0 Å². The molecule has 28 heavy (non-hydrogen) atoms. The largest absolute Gasteiger partial charge is 0.382 e. The average Bonchev–Trinajstić information content (AvgIpc) is 3.22. The zero-order valence-corrected chi connectivity index (χ0v) is 17.6. The molecule has 2 aromatic heterocycles. The maximum Gasteiger partial charge on any atom is 0.207 e. The summed E-state index contributed by atoms with van der Waals surface area (Å²) >= 11 is 0. The molecule has 0 saturated carbocycles. The number of nitrogens with two attached hydrogens (primary N) is 1. The molecule has 0 bridgehead atoms. The van der Waals surface area contributed by atoms with Crippen LogP contribution in [-0.2, 0) is 23.8 Å². The Morgan fingerprint density at radius 3 is 2.75 bits per heavy atom. The van der Waals surface area contributed by atoms with Gasteiger partial charge in [-0.3, -0.25) is 14.6 Å². The van der Waals surface area contributed by atoms with Gasteiger partial charge >= 0.3 is 0 Å². The van der Waals surface area contributed by atoms with Crippen molar-refractivity contribution in [2.75, 3.05) is 12.3 Å². The van der Waals surface area contributed by atoms with E-state index in [1.165, 1.54) is 0 Å². The van der Waals surface area contributed by atoms with Crippen LogP contribution < -0.4 is 11.1 Å². The highest BCUT2D eigenvalue weighted by atomic mass is 16.1. The van der Waals surface area contributed by atoms with E-state index < -0.39 is 0 Å². The van der Waals surface area contributed by atoms with Gasteiger partial charge in [-0.15, -0.1) is 0 Å². The average molecular weight is 386 g/mol. The number of anilines is 1. The van der Waals surface area contributed by atoms with Gasteiger partial charge in [-0.05, 0) is 18.9 Å². The van der Waals surface area contributed by atoms with Crippen LogP contribution in [0.5, 0.6) is 0 Å². The fourth-order valence-corrected chi connectivity index (χ4v) is 3.68. The Balaban J connectivity index is 2.05. The van der Waals surface area contributed by atoms with E-state index in [0.29, 0.717) is 24.3 Å². The van der Waals surface area contributed by atoms with E-state index in [-0.39, 0.29) is 5.41 Å². The molecule has 1 aliphatic heterocycles. The molecule has 0 saturated heterocycles. The van der Waals surface area contributed by atoms with Crippen LogP contribution in [0.15, 0.2) is 12.3 Å². The molecule has 0 radical (unpaired) electrons. The van der Waals surface area contributed by atoms with Crippen molar-refractivity contribution in [2.45, 2.75) is 52.6 Å². The van der Waals surface area contributed by atoms with Crippen LogP contribution in [0.2, 0.25) is 0 Å². The number of nitrogen functional groups attached to an aromatic ring is 1. The number of aromatic amines is 1. The Hall–Kier alpha value is -2.77. The van der Waals surface area contributed by atoms with Gasteiger partial charge in [0.25, 0.3) is 0 Å². The topological polar surface area (TPSA) is 105 Å².